The fourth-order valence-electron chi connectivity index (χ4n) is 1.76. The molecule has 0 amide bonds. The highest BCUT2D eigenvalue weighted by Gasteiger charge is 2.21. The Morgan fingerprint density at radius 3 is 2.50 bits per heavy atom. The molecule has 114 valence electrons. The Morgan fingerprint density at radius 1 is 1.30 bits per heavy atom. The van der Waals surface area contributed by atoms with E-state index in [9.17, 15) is 13.9 Å². The molecule has 5 heteroatoms. The summed E-state index contributed by atoms with van der Waals surface area (Å²) in [5, 5.41) is 13.0. The molecule has 1 rings (SSSR count). The molecule has 1 aromatic carbocycles. The van der Waals surface area contributed by atoms with Crippen LogP contribution in [0.1, 0.15) is 31.9 Å². The molecule has 0 heterocycles. The number of aliphatic hydroxyl groups excluding tert-OH is 1. The number of hydrogen-bond acceptors (Lipinski definition) is 3. The molecular weight excluding hydrogens is 264 g/mol. The van der Waals surface area contributed by atoms with Crippen molar-refractivity contribution < 1.29 is 18.6 Å². The highest BCUT2D eigenvalue weighted by molar-refractivity contribution is 5.40. The van der Waals surface area contributed by atoms with Gasteiger partial charge in [-0.05, 0) is 17.9 Å². The minimum absolute atomic E-state index is 0.209. The summed E-state index contributed by atoms with van der Waals surface area (Å²) in [7, 11) is 0. The van der Waals surface area contributed by atoms with Gasteiger partial charge in [-0.2, -0.15) is 8.78 Å². The lowest BCUT2D eigenvalue weighted by atomic mass is 9.89. The smallest absolute Gasteiger partial charge is 0.387 e. The summed E-state index contributed by atoms with van der Waals surface area (Å²) in [6.45, 7) is 5.48. The molecule has 0 saturated heterocycles. The molecule has 1 aromatic rings. The van der Waals surface area contributed by atoms with Crippen LogP contribution in [-0.4, -0.2) is 24.4 Å². The molecule has 0 fully saturated rings. The first-order valence-corrected chi connectivity index (χ1v) is 6.64. The van der Waals surface area contributed by atoms with E-state index >= 15 is 0 Å². The van der Waals surface area contributed by atoms with Crippen molar-refractivity contribution in [3.63, 3.8) is 0 Å². The zero-order valence-corrected chi connectivity index (χ0v) is 12.4. The maximum atomic E-state index is 12.4. The van der Waals surface area contributed by atoms with Crippen molar-refractivity contribution in [1.82, 2.24) is 5.32 Å². The van der Waals surface area contributed by atoms with Gasteiger partial charge in [0.15, 0.2) is 0 Å². The van der Waals surface area contributed by atoms with Crippen molar-refractivity contribution in [2.45, 2.75) is 47.0 Å². The minimum atomic E-state index is -2.84. The van der Waals surface area contributed by atoms with Crippen LogP contribution in [0.2, 0.25) is 0 Å². The number of hydrogen-bond donors (Lipinski definition) is 2. The van der Waals surface area contributed by atoms with E-state index in [0.717, 1.165) is 0 Å². The third-order valence-electron chi connectivity index (χ3n) is 3.15. The average molecular weight is 287 g/mol. The molecule has 0 aliphatic rings. The summed E-state index contributed by atoms with van der Waals surface area (Å²) in [5.74, 6) is 0.209. The number of alkyl halides is 2. The van der Waals surface area contributed by atoms with Crippen LogP contribution in [-0.2, 0) is 6.54 Å². The van der Waals surface area contributed by atoms with E-state index in [1.165, 1.54) is 0 Å². The lowest BCUT2D eigenvalue weighted by molar-refractivity contribution is -0.0509. The summed E-state index contributed by atoms with van der Waals surface area (Å²) >= 11 is 0. The third kappa shape index (κ3) is 5.06. The van der Waals surface area contributed by atoms with Crippen molar-refractivity contribution >= 4 is 0 Å². The van der Waals surface area contributed by atoms with Gasteiger partial charge in [0, 0.05) is 18.7 Å². The second kappa shape index (κ2) is 6.99. The Bertz CT molecular complexity index is 430. The summed E-state index contributed by atoms with van der Waals surface area (Å²) < 4.78 is 29.4. The number of halogens is 2. The van der Waals surface area contributed by atoms with E-state index in [-0.39, 0.29) is 11.2 Å². The molecule has 0 radical (unpaired) electrons. The van der Waals surface area contributed by atoms with Gasteiger partial charge in [0.2, 0.25) is 0 Å². The highest BCUT2D eigenvalue weighted by atomic mass is 19.3. The molecular formula is C15H23F2NO2. The number of ether oxygens (including phenoxy) is 1. The minimum Gasteiger partial charge on any atom is -0.434 e. The van der Waals surface area contributed by atoms with Gasteiger partial charge in [0.05, 0.1) is 6.10 Å². The van der Waals surface area contributed by atoms with Crippen LogP contribution in [0.5, 0.6) is 5.75 Å². The van der Waals surface area contributed by atoms with Gasteiger partial charge in [0.1, 0.15) is 5.75 Å². The van der Waals surface area contributed by atoms with Gasteiger partial charge in [-0.15, -0.1) is 0 Å². The first-order chi connectivity index (χ1) is 9.21. The Balaban J connectivity index is 2.66. The van der Waals surface area contributed by atoms with Crippen molar-refractivity contribution in [2.75, 3.05) is 6.54 Å². The predicted octanol–water partition coefficient (Wildman–Crippen LogP) is 3.09. The first kappa shape index (κ1) is 16.9. The zero-order chi connectivity index (χ0) is 15.3. The molecule has 2 N–H and O–H groups in total. The van der Waals surface area contributed by atoms with Crippen LogP contribution in [0.25, 0.3) is 0 Å². The van der Waals surface area contributed by atoms with E-state index in [4.69, 9.17) is 0 Å². The predicted molar refractivity (Wildman–Crippen MR) is 75.0 cm³/mol. The summed E-state index contributed by atoms with van der Waals surface area (Å²) in [5.41, 5.74) is 1.11. The molecule has 1 unspecified atom stereocenters. The third-order valence-corrected chi connectivity index (χ3v) is 3.15. The van der Waals surface area contributed by atoms with E-state index in [2.05, 4.69) is 10.1 Å². The van der Waals surface area contributed by atoms with Gasteiger partial charge in [-0.1, -0.05) is 39.0 Å². The first-order valence-electron chi connectivity index (χ1n) is 6.64. The molecule has 0 aliphatic carbocycles. The van der Waals surface area contributed by atoms with E-state index in [1.54, 1.807) is 25.1 Å². The number of nitrogens with one attached hydrogen (secondary N) is 1. The lowest BCUT2D eigenvalue weighted by Crippen LogP contribution is -2.36. The van der Waals surface area contributed by atoms with Gasteiger partial charge in [-0.3, -0.25) is 0 Å². The Hall–Kier alpha value is -1.20. The molecule has 0 spiro atoms. The summed E-state index contributed by atoms with van der Waals surface area (Å²) in [6.07, 6.45) is -0.508. The van der Waals surface area contributed by atoms with E-state index in [1.807, 2.05) is 20.8 Å². The van der Waals surface area contributed by atoms with Gasteiger partial charge in [0.25, 0.3) is 0 Å². The number of para-hydroxylation sites is 1. The number of aliphatic hydroxyl groups is 1. The second-order valence-electron chi connectivity index (χ2n) is 5.95. The van der Waals surface area contributed by atoms with Crippen molar-refractivity contribution in [2.24, 2.45) is 5.41 Å². The Labute approximate surface area is 119 Å². The Kier molecular flexibility index (Phi) is 5.89. The number of rotatable bonds is 6. The number of aryl methyl sites for hydroxylation is 1. The fourth-order valence-corrected chi connectivity index (χ4v) is 1.76. The average Bonchev–Trinajstić information content (AvgIpc) is 2.31. The fraction of sp³-hybridized carbons (Fsp3) is 0.600. The normalized spacial score (nSPS) is 13.6. The van der Waals surface area contributed by atoms with E-state index < -0.39 is 12.7 Å². The molecule has 0 saturated carbocycles. The Morgan fingerprint density at radius 2 is 1.95 bits per heavy atom. The van der Waals surface area contributed by atoms with Gasteiger partial charge >= 0.3 is 6.61 Å². The van der Waals surface area contributed by atoms with Crippen LogP contribution in [0, 0.1) is 12.3 Å². The standard InChI is InChI=1S/C15H23F2NO2/c1-10-6-5-7-11(13(10)20-14(16)17)8-18-9-12(19)15(2,3)4/h5-7,12,14,18-19H,8-9H2,1-4H3. The second-order valence-corrected chi connectivity index (χ2v) is 5.95. The molecule has 1 atom stereocenters. The van der Waals surface area contributed by atoms with E-state index in [0.29, 0.717) is 24.2 Å². The maximum absolute atomic E-state index is 12.4. The molecule has 0 bridgehead atoms. The maximum Gasteiger partial charge on any atom is 0.387 e. The van der Waals surface area contributed by atoms with Gasteiger partial charge in [-0.25, -0.2) is 0 Å². The molecule has 3 nitrogen and oxygen atoms in total. The van der Waals surface area contributed by atoms with Crippen LogP contribution in [0.4, 0.5) is 8.78 Å². The van der Waals surface area contributed by atoms with Crippen molar-refractivity contribution in [3.05, 3.63) is 29.3 Å². The molecule has 0 aliphatic heterocycles. The zero-order valence-electron chi connectivity index (χ0n) is 12.4. The SMILES string of the molecule is Cc1cccc(CNCC(O)C(C)(C)C)c1OC(F)F. The monoisotopic (exact) mass is 287 g/mol. The quantitative estimate of drug-likeness (QED) is 0.845. The van der Waals surface area contributed by atoms with Crippen molar-refractivity contribution in [1.29, 1.82) is 0 Å². The van der Waals surface area contributed by atoms with Gasteiger partial charge < -0.3 is 15.2 Å². The number of benzene rings is 1. The molecule has 0 aromatic heterocycles. The van der Waals surface area contributed by atoms with Crippen LogP contribution in [0.15, 0.2) is 18.2 Å². The molecule has 20 heavy (non-hydrogen) atoms. The van der Waals surface area contributed by atoms with Crippen LogP contribution in [0.3, 0.4) is 0 Å². The summed E-state index contributed by atoms with van der Waals surface area (Å²) in [6, 6.07) is 5.26. The van der Waals surface area contributed by atoms with Crippen molar-refractivity contribution in [3.8, 4) is 5.75 Å². The lowest BCUT2D eigenvalue weighted by Gasteiger charge is -2.26. The van der Waals surface area contributed by atoms with Crippen LogP contribution >= 0.6 is 0 Å². The van der Waals surface area contributed by atoms with Crippen LogP contribution < -0.4 is 10.1 Å². The largest absolute Gasteiger partial charge is 0.434 e. The summed E-state index contributed by atoms with van der Waals surface area (Å²) in [4.78, 5) is 0. The topological polar surface area (TPSA) is 41.5 Å². The highest BCUT2D eigenvalue weighted by Crippen LogP contribution is 2.25.